The summed E-state index contributed by atoms with van der Waals surface area (Å²) < 4.78 is 5.64. The molecule has 0 radical (unpaired) electrons. The first-order chi connectivity index (χ1) is 9.38. The number of halogens is 1. The van der Waals surface area contributed by atoms with Crippen LogP contribution in [0.25, 0.3) is 0 Å². The van der Waals surface area contributed by atoms with Gasteiger partial charge in [-0.2, -0.15) is 0 Å². The maximum Gasteiger partial charge on any atom is 0.138 e. The normalized spacial score (nSPS) is 9.53. The van der Waals surface area contributed by atoms with E-state index in [2.05, 4.69) is 21.8 Å². The van der Waals surface area contributed by atoms with Crippen LogP contribution in [0.5, 0.6) is 5.75 Å². The average molecular weight is 273 g/mol. The highest BCUT2D eigenvalue weighted by Gasteiger charge is 1.97. The fourth-order valence-corrected chi connectivity index (χ4v) is 1.60. The summed E-state index contributed by atoms with van der Waals surface area (Å²) in [7, 11) is 0. The minimum atomic E-state index is 0.312. The Morgan fingerprint density at radius 1 is 1.21 bits per heavy atom. The molecule has 0 amide bonds. The van der Waals surface area contributed by atoms with E-state index in [1.165, 1.54) is 0 Å². The van der Waals surface area contributed by atoms with E-state index in [0.29, 0.717) is 18.2 Å². The molecule has 2 rings (SSSR count). The Kier molecular flexibility index (Phi) is 5.21. The Hall–Kier alpha value is -2.05. The maximum absolute atomic E-state index is 5.64. The van der Waals surface area contributed by atoms with Crippen LogP contribution in [0.3, 0.4) is 0 Å². The summed E-state index contributed by atoms with van der Waals surface area (Å²) in [5.41, 5.74) is 1.95. The zero-order valence-electron chi connectivity index (χ0n) is 10.3. The molecule has 0 aromatic carbocycles. The lowest BCUT2D eigenvalue weighted by Gasteiger charge is -2.05. The lowest BCUT2D eigenvalue weighted by atomic mass is 10.2. The molecule has 0 aliphatic heterocycles. The van der Waals surface area contributed by atoms with Crippen LogP contribution in [0, 0.1) is 11.8 Å². The van der Waals surface area contributed by atoms with Gasteiger partial charge in [-0.1, -0.05) is 17.9 Å². The summed E-state index contributed by atoms with van der Waals surface area (Å²) in [5, 5.41) is 0. The first-order valence-electron chi connectivity index (χ1n) is 5.90. The second-order valence-electron chi connectivity index (χ2n) is 3.80. The van der Waals surface area contributed by atoms with Crippen LogP contribution in [0.1, 0.15) is 11.1 Å². The van der Waals surface area contributed by atoms with Crippen LogP contribution in [0.15, 0.2) is 43.0 Å². The van der Waals surface area contributed by atoms with Crippen molar-refractivity contribution in [3.63, 3.8) is 0 Å². The molecule has 0 spiro atoms. The SMILES string of the molecule is ClCC#Cc1cncc(OCCc2cccnc2)c1. The van der Waals surface area contributed by atoms with Gasteiger partial charge in [-0.25, -0.2) is 0 Å². The predicted molar refractivity (Wildman–Crippen MR) is 75.3 cm³/mol. The van der Waals surface area contributed by atoms with Crippen molar-refractivity contribution in [3.05, 3.63) is 54.1 Å². The van der Waals surface area contributed by atoms with Gasteiger partial charge < -0.3 is 4.74 Å². The summed E-state index contributed by atoms with van der Waals surface area (Å²) in [6.45, 7) is 0.583. The molecule has 2 heterocycles. The Bertz CT molecular complexity index is 575. The molecule has 19 heavy (non-hydrogen) atoms. The Morgan fingerprint density at radius 2 is 2.16 bits per heavy atom. The molecule has 0 bridgehead atoms. The van der Waals surface area contributed by atoms with Gasteiger partial charge in [0.2, 0.25) is 0 Å². The fraction of sp³-hybridized carbons (Fsp3) is 0.200. The smallest absolute Gasteiger partial charge is 0.138 e. The van der Waals surface area contributed by atoms with Crippen LogP contribution < -0.4 is 4.74 Å². The summed E-state index contributed by atoms with van der Waals surface area (Å²) >= 11 is 5.51. The molecule has 0 N–H and O–H groups in total. The van der Waals surface area contributed by atoms with Gasteiger partial charge in [-0.05, 0) is 17.7 Å². The van der Waals surface area contributed by atoms with Gasteiger partial charge in [0.25, 0.3) is 0 Å². The van der Waals surface area contributed by atoms with E-state index in [9.17, 15) is 0 Å². The molecular weight excluding hydrogens is 260 g/mol. The van der Waals surface area contributed by atoms with E-state index in [4.69, 9.17) is 16.3 Å². The lowest BCUT2D eigenvalue weighted by molar-refractivity contribution is 0.320. The quantitative estimate of drug-likeness (QED) is 0.634. The van der Waals surface area contributed by atoms with Crippen molar-refractivity contribution in [2.75, 3.05) is 12.5 Å². The van der Waals surface area contributed by atoms with Crippen LogP contribution >= 0.6 is 11.6 Å². The van der Waals surface area contributed by atoms with E-state index in [0.717, 1.165) is 17.5 Å². The largest absolute Gasteiger partial charge is 0.492 e. The molecular formula is C15H13ClN2O. The molecule has 0 atom stereocenters. The second-order valence-corrected chi connectivity index (χ2v) is 4.07. The van der Waals surface area contributed by atoms with Crippen molar-refractivity contribution < 1.29 is 4.74 Å². The topological polar surface area (TPSA) is 35.0 Å². The fourth-order valence-electron chi connectivity index (χ4n) is 1.53. The van der Waals surface area contributed by atoms with Crippen molar-refractivity contribution in [1.29, 1.82) is 0 Å². The highest BCUT2D eigenvalue weighted by Crippen LogP contribution is 2.11. The van der Waals surface area contributed by atoms with Gasteiger partial charge in [-0.3, -0.25) is 9.97 Å². The number of rotatable bonds is 4. The third-order valence-corrected chi connectivity index (χ3v) is 2.53. The molecule has 0 saturated heterocycles. The minimum absolute atomic E-state index is 0.312. The highest BCUT2D eigenvalue weighted by molar-refractivity contribution is 6.19. The summed E-state index contributed by atoms with van der Waals surface area (Å²) in [6.07, 6.45) is 7.77. The summed E-state index contributed by atoms with van der Waals surface area (Å²) in [4.78, 5) is 8.14. The molecule has 0 aliphatic rings. The third-order valence-electron chi connectivity index (χ3n) is 2.39. The van der Waals surface area contributed by atoms with Gasteiger partial charge in [0.15, 0.2) is 0 Å². The zero-order valence-corrected chi connectivity index (χ0v) is 11.1. The molecule has 3 nitrogen and oxygen atoms in total. The van der Waals surface area contributed by atoms with E-state index < -0.39 is 0 Å². The van der Waals surface area contributed by atoms with Crippen LogP contribution in [-0.4, -0.2) is 22.5 Å². The predicted octanol–water partition coefficient (Wildman–Crippen LogP) is 2.69. The Balaban J connectivity index is 1.89. The van der Waals surface area contributed by atoms with E-state index in [1.807, 2.05) is 24.4 Å². The van der Waals surface area contributed by atoms with E-state index in [-0.39, 0.29) is 0 Å². The van der Waals surface area contributed by atoms with Gasteiger partial charge in [0, 0.05) is 30.6 Å². The number of alkyl halides is 1. The maximum atomic E-state index is 5.64. The molecule has 2 aromatic rings. The van der Waals surface area contributed by atoms with Crippen molar-refractivity contribution in [2.24, 2.45) is 0 Å². The highest BCUT2D eigenvalue weighted by atomic mass is 35.5. The number of aromatic nitrogens is 2. The average Bonchev–Trinajstić information content (AvgIpc) is 2.47. The lowest BCUT2D eigenvalue weighted by Crippen LogP contribution is -2.02. The number of pyridine rings is 2. The monoisotopic (exact) mass is 272 g/mol. The third kappa shape index (κ3) is 4.61. The first kappa shape index (κ1) is 13.4. The van der Waals surface area contributed by atoms with Crippen molar-refractivity contribution in [1.82, 2.24) is 9.97 Å². The Morgan fingerprint density at radius 3 is 2.95 bits per heavy atom. The van der Waals surface area contributed by atoms with Crippen molar-refractivity contribution in [2.45, 2.75) is 6.42 Å². The van der Waals surface area contributed by atoms with Crippen molar-refractivity contribution in [3.8, 4) is 17.6 Å². The number of ether oxygens (including phenoxy) is 1. The van der Waals surface area contributed by atoms with Crippen molar-refractivity contribution >= 4 is 11.6 Å². The van der Waals surface area contributed by atoms with Gasteiger partial charge in [0.05, 0.1) is 18.7 Å². The number of nitrogens with zero attached hydrogens (tertiary/aromatic N) is 2. The van der Waals surface area contributed by atoms with E-state index >= 15 is 0 Å². The Labute approximate surface area is 117 Å². The summed E-state index contributed by atoms with van der Waals surface area (Å²) in [5.74, 6) is 6.72. The number of hydrogen-bond donors (Lipinski definition) is 0. The molecule has 4 heteroatoms. The molecule has 0 unspecified atom stereocenters. The first-order valence-corrected chi connectivity index (χ1v) is 6.43. The molecule has 96 valence electrons. The molecule has 0 saturated carbocycles. The second kappa shape index (κ2) is 7.40. The minimum Gasteiger partial charge on any atom is -0.492 e. The van der Waals surface area contributed by atoms with Gasteiger partial charge in [-0.15, -0.1) is 11.6 Å². The van der Waals surface area contributed by atoms with E-state index in [1.54, 1.807) is 18.6 Å². The van der Waals surface area contributed by atoms with Gasteiger partial charge in [0.1, 0.15) is 5.75 Å². The zero-order chi connectivity index (χ0) is 13.3. The van der Waals surface area contributed by atoms with Crippen LogP contribution in [0.4, 0.5) is 0 Å². The van der Waals surface area contributed by atoms with Crippen LogP contribution in [-0.2, 0) is 6.42 Å². The molecule has 0 fully saturated rings. The van der Waals surface area contributed by atoms with Crippen LogP contribution in [0.2, 0.25) is 0 Å². The molecule has 0 aliphatic carbocycles. The summed E-state index contributed by atoms with van der Waals surface area (Å²) in [6, 6.07) is 5.80. The number of hydrogen-bond acceptors (Lipinski definition) is 3. The molecule has 2 aromatic heterocycles. The standard InChI is InChI=1S/C15H13ClN2O/c16-6-1-3-14-9-15(12-18-11-14)19-8-5-13-4-2-7-17-10-13/h2,4,7,9-12H,5-6,8H2. The van der Waals surface area contributed by atoms with Gasteiger partial charge >= 0.3 is 0 Å².